The first-order chi connectivity index (χ1) is 43.9. The lowest BCUT2D eigenvalue weighted by Gasteiger charge is -2.75. The molecule has 4 aliphatic heterocycles. The fraction of sp³-hybridized carbons (Fsp3) is 0.908. The second-order valence-electron chi connectivity index (χ2n) is 30.6. The standard InChI is InChI=1S/C65H102O29/c1-12-14-36(69)88-51-50(92-53(81)26(3)13-2)59(5,6)22-33-64-20-16-32-61(9)18-17-34(60(7,8)31(61)15-19-62(32,10)63(64,11)23-35(84-27(4)68)65(33,51)58(83)94-64)87-57-49(85-29-21-28(24-66)37(70)40(73)38(29)71)46(45(78)47(90-57)52(79)80)89-56-48(42(75)39(72)30(25-67)86-56)91-55-44(77)41(74)43(76)54(82)93-55/h13,28-35,37-51,54-58,66-67,70-78,82-83H,12,14-25H2,1-11H3,(H,79,80). The van der Waals surface area contributed by atoms with Gasteiger partial charge in [0.15, 0.2) is 43.7 Å². The predicted octanol–water partition coefficient (Wildman–Crippen LogP) is -0.938. The summed E-state index contributed by atoms with van der Waals surface area (Å²) < 4.78 is 69.8. The Hall–Kier alpha value is -3.22. The molecule has 0 aromatic carbocycles. The van der Waals surface area contributed by atoms with Gasteiger partial charge in [-0.25, -0.2) is 9.59 Å². The molecule has 29 nitrogen and oxygen atoms in total. The van der Waals surface area contributed by atoms with Crippen LogP contribution in [0.25, 0.3) is 0 Å². The quantitative estimate of drug-likeness (QED) is 0.0362. The molecule has 33 unspecified atom stereocenters. The Kier molecular flexibility index (Phi) is 20.9. The molecule has 0 amide bonds. The summed E-state index contributed by atoms with van der Waals surface area (Å²) in [6, 6.07) is 0. The number of aliphatic hydroxyl groups excluding tert-OH is 13. The first-order valence-corrected chi connectivity index (χ1v) is 33.3. The summed E-state index contributed by atoms with van der Waals surface area (Å²) in [6.07, 6.45) is -38.8. The van der Waals surface area contributed by atoms with Crippen LogP contribution in [0.2, 0.25) is 0 Å². The van der Waals surface area contributed by atoms with Gasteiger partial charge in [0.2, 0.25) is 0 Å². The maximum Gasteiger partial charge on any atom is 0.335 e. The zero-order chi connectivity index (χ0) is 69.2. The van der Waals surface area contributed by atoms with Crippen molar-refractivity contribution >= 4 is 23.9 Å². The van der Waals surface area contributed by atoms with Crippen LogP contribution in [-0.4, -0.2) is 262 Å². The molecule has 10 rings (SSSR count). The minimum absolute atomic E-state index is 0.0257. The van der Waals surface area contributed by atoms with Gasteiger partial charge in [0, 0.05) is 48.2 Å². The Bertz CT molecular complexity index is 2780. The highest BCUT2D eigenvalue weighted by Crippen LogP contribution is 2.82. The summed E-state index contributed by atoms with van der Waals surface area (Å²) in [5.74, 6) is -5.56. The topological polar surface area (TPSA) is 453 Å². The molecular weight excluding hydrogens is 1240 g/mol. The van der Waals surface area contributed by atoms with E-state index in [0.717, 1.165) is 0 Å². The Labute approximate surface area is 545 Å². The second-order valence-corrected chi connectivity index (χ2v) is 30.6. The van der Waals surface area contributed by atoms with Crippen LogP contribution in [0.1, 0.15) is 147 Å². The normalized spacial score (nSPS) is 51.2. The number of carbonyl (C=O) groups is 4. The van der Waals surface area contributed by atoms with E-state index >= 15 is 0 Å². The van der Waals surface area contributed by atoms with Crippen molar-refractivity contribution in [1.29, 1.82) is 0 Å². The number of hydrogen-bond acceptors (Lipinski definition) is 28. The molecule has 6 aliphatic carbocycles. The molecule has 6 saturated carbocycles. The number of allylic oxidation sites excluding steroid dienone is 1. The third-order valence-electron chi connectivity index (χ3n) is 25.0. The van der Waals surface area contributed by atoms with Crippen LogP contribution >= 0.6 is 0 Å². The number of aliphatic carboxylic acids is 1. The number of hydrogen-bond donors (Lipinski definition) is 14. The largest absolute Gasteiger partial charge is 0.479 e. The van der Waals surface area contributed by atoms with Crippen molar-refractivity contribution in [2.24, 2.45) is 56.2 Å². The van der Waals surface area contributed by atoms with E-state index < -0.39 is 234 Å². The fourth-order valence-corrected chi connectivity index (χ4v) is 19.8. The number of carbonyl (C=O) groups excluding carboxylic acids is 3. The molecule has 4 saturated heterocycles. The highest BCUT2D eigenvalue weighted by Gasteiger charge is 2.86. The van der Waals surface area contributed by atoms with Crippen LogP contribution in [0.15, 0.2) is 11.6 Å². The Morgan fingerprint density at radius 3 is 1.86 bits per heavy atom. The van der Waals surface area contributed by atoms with Crippen LogP contribution in [0.5, 0.6) is 0 Å². The van der Waals surface area contributed by atoms with Crippen LogP contribution in [0.4, 0.5) is 0 Å². The second kappa shape index (κ2) is 26.7. The molecular formula is C65H102O29. The smallest absolute Gasteiger partial charge is 0.335 e. The molecule has 1 spiro atoms. The molecule has 536 valence electrons. The highest BCUT2D eigenvalue weighted by atomic mass is 16.8. The highest BCUT2D eigenvalue weighted by molar-refractivity contribution is 5.88. The summed E-state index contributed by atoms with van der Waals surface area (Å²) in [5, 5.41) is 155. The van der Waals surface area contributed by atoms with Gasteiger partial charge in [0.1, 0.15) is 90.9 Å². The van der Waals surface area contributed by atoms with E-state index in [1.165, 1.54) is 6.92 Å². The van der Waals surface area contributed by atoms with E-state index in [1.54, 1.807) is 19.9 Å². The van der Waals surface area contributed by atoms with E-state index in [4.69, 9.17) is 52.1 Å². The van der Waals surface area contributed by atoms with Crippen molar-refractivity contribution < 1.29 is 143 Å². The van der Waals surface area contributed by atoms with Crippen molar-refractivity contribution in [2.45, 2.75) is 300 Å². The molecule has 0 aromatic heterocycles. The first-order valence-electron chi connectivity index (χ1n) is 33.3. The Morgan fingerprint density at radius 1 is 0.585 bits per heavy atom. The fourth-order valence-electron chi connectivity index (χ4n) is 19.8. The first kappa shape index (κ1) is 73.5. The van der Waals surface area contributed by atoms with Crippen molar-refractivity contribution in [1.82, 2.24) is 0 Å². The molecule has 4 heterocycles. The van der Waals surface area contributed by atoms with Gasteiger partial charge in [-0.3, -0.25) is 9.59 Å². The van der Waals surface area contributed by atoms with Crippen molar-refractivity contribution in [3.8, 4) is 0 Å². The molecule has 0 radical (unpaired) electrons. The Morgan fingerprint density at radius 2 is 1.23 bits per heavy atom. The molecule has 10 fully saturated rings. The minimum Gasteiger partial charge on any atom is -0.479 e. The molecule has 10 aliphatic rings. The number of carboxylic acid groups (broad SMARTS) is 1. The van der Waals surface area contributed by atoms with Gasteiger partial charge in [0.25, 0.3) is 0 Å². The average molecular weight is 1350 g/mol. The van der Waals surface area contributed by atoms with Gasteiger partial charge >= 0.3 is 23.9 Å². The van der Waals surface area contributed by atoms with E-state index in [-0.39, 0.29) is 37.5 Å². The molecule has 94 heavy (non-hydrogen) atoms. The van der Waals surface area contributed by atoms with Gasteiger partial charge in [-0.1, -0.05) is 61.5 Å². The maximum atomic E-state index is 13.9. The van der Waals surface area contributed by atoms with E-state index in [9.17, 15) is 90.7 Å². The monoisotopic (exact) mass is 1350 g/mol. The summed E-state index contributed by atoms with van der Waals surface area (Å²) in [6.45, 7) is 19.3. The number of carboxylic acids is 1. The molecule has 14 N–H and O–H groups in total. The lowest BCUT2D eigenvalue weighted by molar-refractivity contribution is -0.404. The maximum absolute atomic E-state index is 13.9. The number of ether oxygens (including phenoxy) is 11. The van der Waals surface area contributed by atoms with E-state index in [2.05, 4.69) is 20.8 Å². The van der Waals surface area contributed by atoms with Gasteiger partial charge in [-0.15, -0.1) is 0 Å². The van der Waals surface area contributed by atoms with Crippen LogP contribution in [0, 0.1) is 56.2 Å². The van der Waals surface area contributed by atoms with Crippen LogP contribution in [0.3, 0.4) is 0 Å². The molecule has 29 heteroatoms. The van der Waals surface area contributed by atoms with Crippen LogP contribution in [-0.2, 0) is 71.3 Å². The van der Waals surface area contributed by atoms with Crippen molar-refractivity contribution in [3.63, 3.8) is 0 Å². The third kappa shape index (κ3) is 11.6. The van der Waals surface area contributed by atoms with E-state index in [1.807, 2.05) is 34.6 Å². The third-order valence-corrected chi connectivity index (χ3v) is 25.0. The van der Waals surface area contributed by atoms with Crippen LogP contribution < -0.4 is 0 Å². The predicted molar refractivity (Wildman–Crippen MR) is 317 cm³/mol. The number of fused-ring (bicyclic) bond motifs is 4. The van der Waals surface area contributed by atoms with Gasteiger partial charge < -0.3 is 124 Å². The summed E-state index contributed by atoms with van der Waals surface area (Å²) in [4.78, 5) is 54.7. The molecule has 33 atom stereocenters. The summed E-state index contributed by atoms with van der Waals surface area (Å²) in [7, 11) is 0. The van der Waals surface area contributed by atoms with Crippen molar-refractivity contribution in [3.05, 3.63) is 11.6 Å². The Balaban J connectivity index is 0.992. The summed E-state index contributed by atoms with van der Waals surface area (Å²) in [5.41, 5.74) is -6.13. The van der Waals surface area contributed by atoms with Gasteiger partial charge in [-0.05, 0) is 106 Å². The summed E-state index contributed by atoms with van der Waals surface area (Å²) >= 11 is 0. The number of aliphatic hydroxyl groups is 13. The molecule has 2 bridgehead atoms. The van der Waals surface area contributed by atoms with E-state index in [0.29, 0.717) is 50.5 Å². The number of rotatable bonds is 17. The SMILES string of the molecule is CC=C(C)C(=O)OC1C(OC(=O)CCC)C23C(O)OC4(CCC5C6(C)CCC(OC7OC(C(=O)O)C(O)C(OC8OC(CO)C(O)C(O)C8OC8OC(O)C(O)C(O)C8O)C7OC7CC(CO)C(O)C(O)C7O)C(C)(C)C6CCC5(C)C4(C)CC2OC(C)=O)C3CC1(C)C. The minimum atomic E-state index is -2.29. The average Bonchev–Trinajstić information content (AvgIpc) is 1.37. The number of esters is 3. The lowest BCUT2D eigenvalue weighted by Crippen LogP contribution is -2.77. The van der Waals surface area contributed by atoms with Crippen molar-refractivity contribution in [2.75, 3.05) is 13.2 Å². The van der Waals surface area contributed by atoms with Gasteiger partial charge in [-0.2, -0.15) is 0 Å². The zero-order valence-corrected chi connectivity index (χ0v) is 55.3. The van der Waals surface area contributed by atoms with Gasteiger partial charge in [0.05, 0.1) is 30.5 Å². The molecule has 0 aromatic rings. The lowest BCUT2D eigenvalue weighted by atomic mass is 9.30. The zero-order valence-electron chi connectivity index (χ0n) is 55.3.